The first kappa shape index (κ1) is 7.45. The molecule has 0 aromatic carbocycles. The van der Waals surface area contributed by atoms with Crippen LogP contribution in [0.5, 0.6) is 0 Å². The van der Waals surface area contributed by atoms with Gasteiger partial charge in [-0.15, -0.1) is 0 Å². The zero-order chi connectivity index (χ0) is 7.78. The minimum atomic E-state index is 0.208. The molecule has 0 spiro atoms. The second-order valence-electron chi connectivity index (χ2n) is 3.09. The third-order valence-corrected chi connectivity index (χ3v) is 2.70. The van der Waals surface area contributed by atoms with Crippen LogP contribution in [0.3, 0.4) is 0 Å². The molecule has 1 aliphatic heterocycles. The van der Waals surface area contributed by atoms with Crippen molar-refractivity contribution in [3.8, 4) is 0 Å². The van der Waals surface area contributed by atoms with Crippen molar-refractivity contribution in [1.82, 2.24) is 9.80 Å². The standard InChI is InChI=1S/C8H16N2/c1-5-8(2)9(3)6-7-10(8)4/h6-7H,5H2,1-4H3. The van der Waals surface area contributed by atoms with Crippen molar-refractivity contribution in [2.45, 2.75) is 25.9 Å². The van der Waals surface area contributed by atoms with E-state index in [2.05, 4.69) is 50.1 Å². The Morgan fingerprint density at radius 2 is 1.60 bits per heavy atom. The van der Waals surface area contributed by atoms with Gasteiger partial charge < -0.3 is 9.80 Å². The second-order valence-corrected chi connectivity index (χ2v) is 3.09. The quantitative estimate of drug-likeness (QED) is 0.544. The van der Waals surface area contributed by atoms with Crippen LogP contribution in [-0.2, 0) is 0 Å². The lowest BCUT2D eigenvalue weighted by Crippen LogP contribution is -2.46. The predicted octanol–water partition coefficient (Wildman–Crippen LogP) is 1.46. The van der Waals surface area contributed by atoms with Gasteiger partial charge in [-0.3, -0.25) is 0 Å². The van der Waals surface area contributed by atoms with Gasteiger partial charge in [0.05, 0.1) is 0 Å². The summed E-state index contributed by atoms with van der Waals surface area (Å²) >= 11 is 0. The van der Waals surface area contributed by atoms with E-state index in [0.29, 0.717) is 0 Å². The number of hydrogen-bond acceptors (Lipinski definition) is 2. The lowest BCUT2D eigenvalue weighted by Gasteiger charge is -2.38. The summed E-state index contributed by atoms with van der Waals surface area (Å²) < 4.78 is 0. The van der Waals surface area contributed by atoms with E-state index < -0.39 is 0 Å². The van der Waals surface area contributed by atoms with Crippen LogP contribution >= 0.6 is 0 Å². The SMILES string of the molecule is CCC1(C)N(C)C=CN1C. The Hall–Kier alpha value is -0.660. The number of rotatable bonds is 1. The molecule has 0 saturated carbocycles. The first-order chi connectivity index (χ1) is 4.61. The van der Waals surface area contributed by atoms with Crippen molar-refractivity contribution in [1.29, 1.82) is 0 Å². The van der Waals surface area contributed by atoms with Crippen LogP contribution in [0.1, 0.15) is 20.3 Å². The molecule has 10 heavy (non-hydrogen) atoms. The molecule has 1 heterocycles. The highest BCUT2D eigenvalue weighted by Gasteiger charge is 2.32. The Kier molecular flexibility index (Phi) is 1.63. The molecule has 0 radical (unpaired) electrons. The fourth-order valence-electron chi connectivity index (χ4n) is 1.27. The molecule has 0 unspecified atom stereocenters. The van der Waals surface area contributed by atoms with Crippen LogP contribution in [0.2, 0.25) is 0 Å². The van der Waals surface area contributed by atoms with Gasteiger partial charge >= 0.3 is 0 Å². The molecular weight excluding hydrogens is 124 g/mol. The van der Waals surface area contributed by atoms with Crippen molar-refractivity contribution in [2.75, 3.05) is 14.1 Å². The molecule has 2 heteroatoms. The fourth-order valence-corrected chi connectivity index (χ4v) is 1.27. The van der Waals surface area contributed by atoms with E-state index in [-0.39, 0.29) is 5.66 Å². The summed E-state index contributed by atoms with van der Waals surface area (Å²) in [7, 11) is 4.23. The molecule has 0 bridgehead atoms. The lowest BCUT2D eigenvalue weighted by atomic mass is 10.1. The Morgan fingerprint density at radius 1 is 1.20 bits per heavy atom. The number of nitrogens with zero attached hydrogens (tertiary/aromatic N) is 2. The van der Waals surface area contributed by atoms with E-state index in [1.54, 1.807) is 0 Å². The zero-order valence-electron chi connectivity index (χ0n) is 7.26. The van der Waals surface area contributed by atoms with Gasteiger partial charge in [0.2, 0.25) is 0 Å². The molecule has 0 atom stereocenters. The minimum absolute atomic E-state index is 0.208. The van der Waals surface area contributed by atoms with Gasteiger partial charge in [-0.2, -0.15) is 0 Å². The van der Waals surface area contributed by atoms with Crippen molar-refractivity contribution >= 4 is 0 Å². The van der Waals surface area contributed by atoms with Gasteiger partial charge in [0, 0.05) is 26.5 Å². The molecule has 0 aromatic rings. The maximum Gasteiger partial charge on any atom is 0.108 e. The summed E-state index contributed by atoms with van der Waals surface area (Å²) in [5.41, 5.74) is 0.208. The summed E-state index contributed by atoms with van der Waals surface area (Å²) in [6.45, 7) is 4.45. The first-order valence-electron chi connectivity index (χ1n) is 3.75. The van der Waals surface area contributed by atoms with Crippen LogP contribution in [-0.4, -0.2) is 29.6 Å². The van der Waals surface area contributed by atoms with Crippen LogP contribution in [0, 0.1) is 0 Å². The normalized spacial score (nSPS) is 22.4. The van der Waals surface area contributed by atoms with E-state index in [1.807, 2.05) is 0 Å². The van der Waals surface area contributed by atoms with Crippen LogP contribution in [0.15, 0.2) is 12.4 Å². The van der Waals surface area contributed by atoms with Crippen LogP contribution < -0.4 is 0 Å². The summed E-state index contributed by atoms with van der Waals surface area (Å²) in [6.07, 6.45) is 5.38. The van der Waals surface area contributed by atoms with E-state index >= 15 is 0 Å². The third-order valence-electron chi connectivity index (χ3n) is 2.70. The summed E-state index contributed by atoms with van der Waals surface area (Å²) in [4.78, 5) is 4.49. The Labute approximate surface area is 63.1 Å². The van der Waals surface area contributed by atoms with Gasteiger partial charge in [0.15, 0.2) is 0 Å². The molecule has 0 N–H and O–H groups in total. The molecular formula is C8H16N2. The average molecular weight is 140 g/mol. The largest absolute Gasteiger partial charge is 0.357 e. The molecule has 2 nitrogen and oxygen atoms in total. The topological polar surface area (TPSA) is 6.48 Å². The van der Waals surface area contributed by atoms with E-state index in [1.165, 1.54) is 0 Å². The predicted molar refractivity (Wildman–Crippen MR) is 43.4 cm³/mol. The molecule has 1 aliphatic rings. The Bertz CT molecular complexity index is 139. The molecule has 0 aromatic heterocycles. The second kappa shape index (κ2) is 2.19. The summed E-state index contributed by atoms with van der Waals surface area (Å²) in [5, 5.41) is 0. The van der Waals surface area contributed by atoms with Crippen molar-refractivity contribution in [2.24, 2.45) is 0 Å². The highest BCUT2D eigenvalue weighted by molar-refractivity contribution is 5.01. The molecule has 0 fully saturated rings. The average Bonchev–Trinajstić information content (AvgIpc) is 2.18. The maximum absolute atomic E-state index is 2.24. The highest BCUT2D eigenvalue weighted by atomic mass is 15.4. The van der Waals surface area contributed by atoms with Crippen molar-refractivity contribution < 1.29 is 0 Å². The fraction of sp³-hybridized carbons (Fsp3) is 0.750. The van der Waals surface area contributed by atoms with E-state index in [0.717, 1.165) is 6.42 Å². The molecule has 0 amide bonds. The smallest absolute Gasteiger partial charge is 0.108 e. The minimum Gasteiger partial charge on any atom is -0.357 e. The molecule has 58 valence electrons. The van der Waals surface area contributed by atoms with Crippen LogP contribution in [0.4, 0.5) is 0 Å². The van der Waals surface area contributed by atoms with Gasteiger partial charge in [0.1, 0.15) is 5.66 Å². The van der Waals surface area contributed by atoms with Gasteiger partial charge in [-0.05, 0) is 13.3 Å². The lowest BCUT2D eigenvalue weighted by molar-refractivity contribution is 0.0787. The molecule has 1 rings (SSSR count). The van der Waals surface area contributed by atoms with Gasteiger partial charge in [0.25, 0.3) is 0 Å². The van der Waals surface area contributed by atoms with E-state index in [9.17, 15) is 0 Å². The van der Waals surface area contributed by atoms with Crippen LogP contribution in [0.25, 0.3) is 0 Å². The number of hydrogen-bond donors (Lipinski definition) is 0. The Morgan fingerprint density at radius 3 is 1.80 bits per heavy atom. The Balaban J connectivity index is 2.76. The molecule has 0 aliphatic carbocycles. The first-order valence-corrected chi connectivity index (χ1v) is 3.75. The van der Waals surface area contributed by atoms with Gasteiger partial charge in [-0.1, -0.05) is 6.92 Å². The van der Waals surface area contributed by atoms with Crippen molar-refractivity contribution in [3.05, 3.63) is 12.4 Å². The van der Waals surface area contributed by atoms with Gasteiger partial charge in [-0.25, -0.2) is 0 Å². The van der Waals surface area contributed by atoms with Crippen molar-refractivity contribution in [3.63, 3.8) is 0 Å². The summed E-state index contributed by atoms with van der Waals surface area (Å²) in [6, 6.07) is 0. The highest BCUT2D eigenvalue weighted by Crippen LogP contribution is 2.26. The summed E-state index contributed by atoms with van der Waals surface area (Å²) in [5.74, 6) is 0. The zero-order valence-corrected chi connectivity index (χ0v) is 7.26. The van der Waals surface area contributed by atoms with E-state index in [4.69, 9.17) is 0 Å². The third kappa shape index (κ3) is 0.789. The monoisotopic (exact) mass is 140 g/mol. The maximum atomic E-state index is 2.24. The molecule has 0 saturated heterocycles.